The molecule has 2 N–H and O–H groups in total. The van der Waals surface area contributed by atoms with Crippen LogP contribution in [-0.4, -0.2) is 15.5 Å². The summed E-state index contributed by atoms with van der Waals surface area (Å²) >= 11 is 0. The van der Waals surface area contributed by atoms with E-state index in [1.807, 2.05) is 6.07 Å². The van der Waals surface area contributed by atoms with Crippen LogP contribution in [0, 0.1) is 5.82 Å². The molecule has 2 aromatic carbocycles. The first-order valence-corrected chi connectivity index (χ1v) is 7.42. The summed E-state index contributed by atoms with van der Waals surface area (Å²) < 4.78 is 38.9. The maximum absolute atomic E-state index is 12.9. The van der Waals surface area contributed by atoms with E-state index in [1.54, 1.807) is 18.2 Å². The van der Waals surface area contributed by atoms with Gasteiger partial charge in [-0.2, -0.15) is 0 Å². The van der Waals surface area contributed by atoms with Crippen LogP contribution in [0.15, 0.2) is 53.4 Å². The number of hydrogen-bond acceptors (Lipinski definition) is 3. The molecule has 0 atom stereocenters. The third-order valence-corrected chi connectivity index (χ3v) is 4.78. The summed E-state index contributed by atoms with van der Waals surface area (Å²) in [5.74, 6) is -0.475. The van der Waals surface area contributed by atoms with Gasteiger partial charge in [-0.15, -0.1) is 0 Å². The molecule has 2 aromatic rings. The first kappa shape index (κ1) is 14.5. The number of nitrogens with zero attached hydrogens (tertiary/aromatic N) is 1. The van der Waals surface area contributed by atoms with Crippen LogP contribution < -0.4 is 10.0 Å². The van der Waals surface area contributed by atoms with Crippen LogP contribution in [0.5, 0.6) is 0 Å². The second-order valence-electron chi connectivity index (χ2n) is 4.30. The summed E-state index contributed by atoms with van der Waals surface area (Å²) in [6.07, 6.45) is 0. The van der Waals surface area contributed by atoms with Gasteiger partial charge < -0.3 is 5.73 Å². The molecule has 20 heavy (non-hydrogen) atoms. The summed E-state index contributed by atoms with van der Waals surface area (Å²) in [4.78, 5) is 0.0413. The normalized spacial score (nSPS) is 11.3. The molecular weight excluding hydrogens is 279 g/mol. The van der Waals surface area contributed by atoms with E-state index in [9.17, 15) is 12.8 Å². The Kier molecular flexibility index (Phi) is 4.06. The van der Waals surface area contributed by atoms with Gasteiger partial charge in [-0.3, -0.25) is 4.31 Å². The number of benzene rings is 2. The van der Waals surface area contributed by atoms with Crippen molar-refractivity contribution in [3.8, 4) is 0 Å². The largest absolute Gasteiger partial charge is 0.326 e. The van der Waals surface area contributed by atoms with E-state index in [4.69, 9.17) is 5.73 Å². The van der Waals surface area contributed by atoms with Crippen LogP contribution in [0.1, 0.15) is 5.56 Å². The van der Waals surface area contributed by atoms with Crippen molar-refractivity contribution in [3.05, 3.63) is 59.9 Å². The van der Waals surface area contributed by atoms with Crippen LogP contribution in [0.4, 0.5) is 10.1 Å². The van der Waals surface area contributed by atoms with Gasteiger partial charge in [0.05, 0.1) is 10.6 Å². The lowest BCUT2D eigenvalue weighted by atomic mass is 10.2. The van der Waals surface area contributed by atoms with Crippen LogP contribution in [0.25, 0.3) is 0 Å². The lowest BCUT2D eigenvalue weighted by Crippen LogP contribution is -2.26. The highest BCUT2D eigenvalue weighted by molar-refractivity contribution is 7.92. The molecule has 4 nitrogen and oxygen atoms in total. The van der Waals surface area contributed by atoms with Crippen molar-refractivity contribution in [2.75, 3.05) is 11.4 Å². The predicted octanol–water partition coefficient (Wildman–Crippen LogP) is 2.11. The molecule has 0 aliphatic carbocycles. The molecule has 0 saturated heterocycles. The van der Waals surface area contributed by atoms with Crippen LogP contribution in [-0.2, 0) is 16.6 Å². The number of nitrogens with two attached hydrogens (primary N) is 1. The predicted molar refractivity (Wildman–Crippen MR) is 76.3 cm³/mol. The average molecular weight is 294 g/mol. The molecule has 0 heterocycles. The van der Waals surface area contributed by atoms with Gasteiger partial charge in [0.1, 0.15) is 5.82 Å². The molecule has 2 rings (SSSR count). The van der Waals surface area contributed by atoms with Gasteiger partial charge in [0.15, 0.2) is 0 Å². The molecule has 0 amide bonds. The topological polar surface area (TPSA) is 63.4 Å². The zero-order valence-electron chi connectivity index (χ0n) is 11.0. The van der Waals surface area contributed by atoms with E-state index < -0.39 is 15.8 Å². The Hall–Kier alpha value is -1.92. The fourth-order valence-electron chi connectivity index (χ4n) is 1.78. The minimum atomic E-state index is -3.71. The van der Waals surface area contributed by atoms with Gasteiger partial charge in [0.2, 0.25) is 0 Å². The third kappa shape index (κ3) is 2.81. The lowest BCUT2D eigenvalue weighted by Gasteiger charge is -2.20. The van der Waals surface area contributed by atoms with Crippen molar-refractivity contribution in [1.82, 2.24) is 0 Å². The van der Waals surface area contributed by atoms with Crippen molar-refractivity contribution >= 4 is 15.7 Å². The summed E-state index contributed by atoms with van der Waals surface area (Å²) in [6, 6.07) is 11.7. The fraction of sp³-hybridized carbons (Fsp3) is 0.143. The molecule has 0 aliphatic rings. The number of halogens is 1. The van der Waals surface area contributed by atoms with Crippen LogP contribution in [0.3, 0.4) is 0 Å². The smallest absolute Gasteiger partial charge is 0.264 e. The summed E-state index contributed by atoms with van der Waals surface area (Å²) in [5.41, 5.74) is 6.89. The molecule has 0 aromatic heterocycles. The minimum absolute atomic E-state index is 0.0413. The first-order valence-electron chi connectivity index (χ1n) is 5.98. The molecule has 106 valence electrons. The van der Waals surface area contributed by atoms with Gasteiger partial charge in [-0.25, -0.2) is 12.8 Å². The van der Waals surface area contributed by atoms with Crippen molar-refractivity contribution in [1.29, 1.82) is 0 Å². The SMILES string of the molecule is CN(c1cccc(CN)c1)S(=O)(=O)c1ccc(F)cc1. The summed E-state index contributed by atoms with van der Waals surface area (Å²) in [6.45, 7) is 0.332. The van der Waals surface area contributed by atoms with Crippen molar-refractivity contribution in [3.63, 3.8) is 0 Å². The fourth-order valence-corrected chi connectivity index (χ4v) is 2.97. The first-order chi connectivity index (χ1) is 9.45. The Morgan fingerprint density at radius 3 is 2.40 bits per heavy atom. The minimum Gasteiger partial charge on any atom is -0.326 e. The monoisotopic (exact) mass is 294 g/mol. The third-order valence-electron chi connectivity index (χ3n) is 2.98. The maximum Gasteiger partial charge on any atom is 0.264 e. The van der Waals surface area contributed by atoms with Crippen molar-refractivity contribution in [2.45, 2.75) is 11.4 Å². The Labute approximate surface area is 117 Å². The van der Waals surface area contributed by atoms with Gasteiger partial charge >= 0.3 is 0 Å². The molecular formula is C14H15FN2O2S. The van der Waals surface area contributed by atoms with E-state index in [2.05, 4.69) is 0 Å². The molecule has 0 radical (unpaired) electrons. The van der Waals surface area contributed by atoms with E-state index >= 15 is 0 Å². The highest BCUT2D eigenvalue weighted by atomic mass is 32.2. The molecule has 0 bridgehead atoms. The van der Waals surface area contributed by atoms with Crippen LogP contribution >= 0.6 is 0 Å². The number of sulfonamides is 1. The molecule has 0 spiro atoms. The zero-order chi connectivity index (χ0) is 14.8. The number of hydrogen-bond donors (Lipinski definition) is 1. The highest BCUT2D eigenvalue weighted by Gasteiger charge is 2.21. The van der Waals surface area contributed by atoms with Gasteiger partial charge in [0.25, 0.3) is 10.0 Å². The molecule has 0 fully saturated rings. The summed E-state index contributed by atoms with van der Waals surface area (Å²) in [7, 11) is -2.26. The Balaban J connectivity index is 2.40. The van der Waals surface area contributed by atoms with Crippen LogP contribution in [0.2, 0.25) is 0 Å². The van der Waals surface area contributed by atoms with E-state index in [-0.39, 0.29) is 4.90 Å². The average Bonchev–Trinajstić information content (AvgIpc) is 2.47. The molecule has 6 heteroatoms. The lowest BCUT2D eigenvalue weighted by molar-refractivity contribution is 0.593. The molecule has 0 unspecified atom stereocenters. The Morgan fingerprint density at radius 2 is 1.80 bits per heavy atom. The van der Waals surface area contributed by atoms with Gasteiger partial charge in [0, 0.05) is 13.6 Å². The molecule has 0 saturated carbocycles. The van der Waals surface area contributed by atoms with E-state index in [0.717, 1.165) is 22.0 Å². The summed E-state index contributed by atoms with van der Waals surface area (Å²) in [5, 5.41) is 0. The zero-order valence-corrected chi connectivity index (χ0v) is 11.8. The second kappa shape index (κ2) is 5.60. The highest BCUT2D eigenvalue weighted by Crippen LogP contribution is 2.22. The Morgan fingerprint density at radius 1 is 1.15 bits per heavy atom. The van der Waals surface area contributed by atoms with E-state index in [0.29, 0.717) is 12.2 Å². The van der Waals surface area contributed by atoms with Crippen molar-refractivity contribution < 1.29 is 12.8 Å². The second-order valence-corrected chi connectivity index (χ2v) is 6.27. The number of anilines is 1. The van der Waals surface area contributed by atoms with Gasteiger partial charge in [-0.1, -0.05) is 12.1 Å². The Bertz CT molecular complexity index is 699. The maximum atomic E-state index is 12.9. The standard InChI is InChI=1S/C14H15FN2O2S/c1-17(13-4-2-3-11(9-13)10-16)20(18,19)14-7-5-12(15)6-8-14/h2-9H,10,16H2,1H3. The molecule has 0 aliphatic heterocycles. The number of rotatable bonds is 4. The van der Waals surface area contributed by atoms with Crippen molar-refractivity contribution in [2.24, 2.45) is 5.73 Å². The van der Waals surface area contributed by atoms with Gasteiger partial charge in [-0.05, 0) is 42.0 Å². The quantitative estimate of drug-likeness (QED) is 0.939. The van der Waals surface area contributed by atoms with E-state index in [1.165, 1.54) is 19.2 Å².